The third-order valence-electron chi connectivity index (χ3n) is 16.0. The monoisotopic (exact) mass is 1380 g/mol. The summed E-state index contributed by atoms with van der Waals surface area (Å²) in [6.45, 7) is 20.0. The number of thioether (sulfide) groups is 3. The number of rotatable bonds is 33. The molecule has 0 radical (unpaired) electrons. The van der Waals surface area contributed by atoms with Crippen molar-refractivity contribution in [1.29, 1.82) is 0 Å². The highest BCUT2D eigenvalue weighted by atomic mass is 32.2. The second-order valence-electron chi connectivity index (χ2n) is 24.0. The van der Waals surface area contributed by atoms with Crippen LogP contribution in [0, 0.1) is 0 Å². The van der Waals surface area contributed by atoms with Gasteiger partial charge in [-0.15, -0.1) is 34.9 Å². The van der Waals surface area contributed by atoms with Gasteiger partial charge in [0.15, 0.2) is 10.8 Å². The average Bonchev–Trinajstić information content (AvgIpc) is 1.21. The molecule has 504 valence electrons. The maximum Gasteiger partial charge on any atom is 0.361 e. The lowest BCUT2D eigenvalue weighted by Crippen LogP contribution is -2.71. The van der Waals surface area contributed by atoms with E-state index in [1.54, 1.807) is 74.7 Å². The number of aromatic amines is 1. The number of aromatic nitrogens is 2. The van der Waals surface area contributed by atoms with E-state index in [4.69, 9.17) is 24.0 Å². The van der Waals surface area contributed by atoms with E-state index >= 15 is 0 Å². The topological polar surface area (TPSA) is 231 Å². The Kier molecular flexibility index (Phi) is 27.2. The van der Waals surface area contributed by atoms with Crippen LogP contribution in [0.1, 0.15) is 138 Å². The Bertz CT molecular complexity index is 3630. The molecule has 4 heterocycles. The number of nitrogens with zero attached hydrogens (tertiary/aromatic N) is 4. The van der Waals surface area contributed by atoms with E-state index in [-0.39, 0.29) is 39.4 Å². The summed E-state index contributed by atoms with van der Waals surface area (Å²) in [5.74, 6) is -4.07. The number of oxime groups is 1. The van der Waals surface area contributed by atoms with Crippen molar-refractivity contribution in [2.45, 2.75) is 144 Å². The number of thiazole rings is 1. The third kappa shape index (κ3) is 19.3. The summed E-state index contributed by atoms with van der Waals surface area (Å²) in [4.78, 5) is 94.5. The number of quaternary nitrogens is 1. The number of hydrogen-bond donors (Lipinski definition) is 3. The number of unbranched alkanes of at least 4 members (excludes halogenated alkanes) is 4. The molecule has 0 spiro atoms. The van der Waals surface area contributed by atoms with Gasteiger partial charge in [-0.1, -0.05) is 203 Å². The lowest BCUT2D eigenvalue weighted by Gasteiger charge is -2.49. The van der Waals surface area contributed by atoms with Crippen molar-refractivity contribution < 1.29 is 52.6 Å². The minimum absolute atomic E-state index is 0.00415. The van der Waals surface area contributed by atoms with Crippen LogP contribution in [0.3, 0.4) is 0 Å². The highest BCUT2D eigenvalue weighted by molar-refractivity contribution is 8.02. The number of hydrogen-bond acceptors (Lipinski definition) is 19. The molecule has 2 amide bonds. The quantitative estimate of drug-likeness (QED) is 0.00507. The number of ether oxygens (including phenoxy) is 3. The van der Waals surface area contributed by atoms with Crippen molar-refractivity contribution in [3.8, 4) is 5.75 Å². The number of anilines is 1. The zero-order chi connectivity index (χ0) is 68.0. The number of nitrogens with one attached hydrogen (secondary N) is 3. The Morgan fingerprint density at radius 1 is 0.768 bits per heavy atom. The molecule has 1 saturated heterocycles. The second kappa shape index (κ2) is 35.4. The molecule has 5 aromatic carbocycles. The summed E-state index contributed by atoms with van der Waals surface area (Å²) in [5.41, 5.74) is -1.36. The maximum absolute atomic E-state index is 15.0. The SMILES string of the molecule is CCCC[N+](CCCC)(CCCC)CCCC.COc1ccc(COC(=O)C2=C(CSc3s[nH]c(=O)c3C(=O)[O-])CSC3C(NC(=O)/C(=N\OC(Sc4ccccc4)C(=O)OC(C)(C)C)c4csc(NC(c5ccccc5)(c5ccccc5)c5ccccc5)n4)C(=O)N23)cc1. The fraction of sp³-hybridized carbons (Fsp3) is 0.389. The number of benzene rings is 5. The average molecular weight is 1380 g/mol. The van der Waals surface area contributed by atoms with E-state index < -0.39 is 68.8 Å². The lowest BCUT2D eigenvalue weighted by molar-refractivity contribution is -0.929. The highest BCUT2D eigenvalue weighted by Gasteiger charge is 2.55. The summed E-state index contributed by atoms with van der Waals surface area (Å²) in [5, 5.41) is 23.9. The molecule has 3 unspecified atom stereocenters. The van der Waals surface area contributed by atoms with E-state index in [0.29, 0.717) is 26.9 Å². The van der Waals surface area contributed by atoms with Crippen LogP contribution in [0.25, 0.3) is 0 Å². The molecule has 0 saturated carbocycles. The first-order valence-corrected chi connectivity index (χ1v) is 36.8. The van der Waals surface area contributed by atoms with Gasteiger partial charge in [0.05, 0.1) is 49.0 Å². The summed E-state index contributed by atoms with van der Waals surface area (Å²) in [6, 6.07) is 44.2. The lowest BCUT2D eigenvalue weighted by atomic mass is 9.77. The van der Waals surface area contributed by atoms with Gasteiger partial charge >= 0.3 is 11.9 Å². The van der Waals surface area contributed by atoms with Gasteiger partial charge in [-0.2, -0.15) is 0 Å². The minimum atomic E-state index is -1.66. The Labute approximate surface area is 577 Å². The standard InChI is InChI=1S/C56H50N6O11S5.C16H36N/c1-55(2,3)72-51(69)52(77-39-23-15-8-16-24-39)73-60-42(40-32-76-54(57-40)59-56(35-17-9-5-10-18-35,36-19-11-6-12-20-36)37-21-13-7-14-22-37)46(64)58-43-47(65)62-44(50(68)71-29-33-25-27-38(70-4)28-26-33)34(30-74-48(43)62)31-75-53-41(49(66)67)45(63)61-78-53;1-5-9-13-17(14-10-6-2,15-11-7-3)16-12-8-4/h5-28,32,43,48,52H,29-31H2,1-4H3,(H,57,59)(H,58,64)(H,61,63)(H,66,67);5-16H2,1-4H3/q;+1/p-1/b60-42-;. The zero-order valence-corrected chi connectivity index (χ0v) is 59.2. The minimum Gasteiger partial charge on any atom is -0.545 e. The molecule has 2 aliphatic rings. The van der Waals surface area contributed by atoms with Crippen molar-refractivity contribution in [3.05, 3.63) is 206 Å². The van der Waals surface area contributed by atoms with Crippen molar-refractivity contribution in [3.63, 3.8) is 0 Å². The predicted molar refractivity (Wildman–Crippen MR) is 379 cm³/mol. The van der Waals surface area contributed by atoms with E-state index in [0.717, 1.165) is 51.7 Å². The van der Waals surface area contributed by atoms with Gasteiger partial charge in [0.1, 0.15) is 46.3 Å². The van der Waals surface area contributed by atoms with Crippen LogP contribution in [0.15, 0.2) is 181 Å². The fourth-order valence-electron chi connectivity index (χ4n) is 11.1. The molecule has 9 rings (SSSR count). The normalized spacial score (nSPS) is 15.1. The molecule has 2 aromatic heterocycles. The zero-order valence-electron chi connectivity index (χ0n) is 55.1. The molecule has 0 bridgehead atoms. The number of esters is 2. The Balaban J connectivity index is 0.000000597. The third-order valence-corrected chi connectivity index (χ3v) is 21.3. The summed E-state index contributed by atoms with van der Waals surface area (Å²) in [6.07, 6.45) is 11.1. The number of amides is 2. The molecule has 7 aromatic rings. The Hall–Kier alpha value is -7.67. The number of aromatic carboxylic acids is 1. The number of carbonyl (C=O) groups is 5. The van der Waals surface area contributed by atoms with E-state index in [9.17, 15) is 33.9 Å². The van der Waals surface area contributed by atoms with Gasteiger partial charge in [0, 0.05) is 21.8 Å². The molecule has 23 heteroatoms. The van der Waals surface area contributed by atoms with Gasteiger partial charge in [0.2, 0.25) is 0 Å². The summed E-state index contributed by atoms with van der Waals surface area (Å²) in [7, 11) is 1.53. The van der Waals surface area contributed by atoms with Gasteiger partial charge in [0.25, 0.3) is 22.8 Å². The van der Waals surface area contributed by atoms with E-state index in [1.165, 1.54) is 117 Å². The van der Waals surface area contributed by atoms with Crippen LogP contribution in [-0.2, 0) is 45.6 Å². The summed E-state index contributed by atoms with van der Waals surface area (Å²) < 4.78 is 20.7. The maximum atomic E-state index is 15.0. The van der Waals surface area contributed by atoms with E-state index in [2.05, 4.69) is 47.9 Å². The molecule has 3 N–H and O–H groups in total. The van der Waals surface area contributed by atoms with Gasteiger partial charge in [-0.3, -0.25) is 23.7 Å². The van der Waals surface area contributed by atoms with Crippen LogP contribution in [0.2, 0.25) is 0 Å². The number of H-pyrrole nitrogens is 1. The molecule has 2 aliphatic heterocycles. The molecular formula is C72H85N7O11S5. The molecule has 18 nitrogen and oxygen atoms in total. The smallest absolute Gasteiger partial charge is 0.361 e. The number of fused-ring (bicyclic) bond motifs is 1. The van der Waals surface area contributed by atoms with Crippen LogP contribution in [0.5, 0.6) is 5.75 Å². The van der Waals surface area contributed by atoms with Crippen LogP contribution >= 0.6 is 58.2 Å². The van der Waals surface area contributed by atoms with Crippen LogP contribution < -0.4 is 26.0 Å². The van der Waals surface area contributed by atoms with Crippen molar-refractivity contribution in [2.75, 3.05) is 50.1 Å². The Morgan fingerprint density at radius 3 is 1.81 bits per heavy atom. The highest BCUT2D eigenvalue weighted by Crippen LogP contribution is 2.44. The van der Waals surface area contributed by atoms with E-state index in [1.807, 2.05) is 97.1 Å². The molecule has 95 heavy (non-hydrogen) atoms. The van der Waals surface area contributed by atoms with Gasteiger partial charge < -0.3 is 44.1 Å². The number of methoxy groups -OCH3 is 1. The van der Waals surface area contributed by atoms with Crippen molar-refractivity contribution >= 4 is 98.7 Å². The first kappa shape index (κ1) is 73.1. The van der Waals surface area contributed by atoms with Crippen molar-refractivity contribution in [1.82, 2.24) is 19.6 Å². The Morgan fingerprint density at radius 2 is 1.31 bits per heavy atom. The van der Waals surface area contributed by atoms with Crippen molar-refractivity contribution in [2.24, 2.45) is 5.16 Å². The molecule has 3 atom stereocenters. The van der Waals surface area contributed by atoms with Gasteiger partial charge in [-0.25, -0.2) is 14.6 Å². The predicted octanol–water partition coefficient (Wildman–Crippen LogP) is 13.0. The number of carboxylic acids is 1. The van der Waals surface area contributed by atoms with Gasteiger partial charge in [-0.05, 0) is 98.5 Å². The second-order valence-corrected chi connectivity index (χ2v) is 29.2. The fourth-order valence-corrected chi connectivity index (χ4v) is 16.1. The summed E-state index contributed by atoms with van der Waals surface area (Å²) >= 11 is 5.26. The number of carboxylic acid groups (broad SMARTS) is 1. The number of carbonyl (C=O) groups excluding carboxylic acids is 5. The molecular weight excluding hydrogens is 1300 g/mol. The first-order chi connectivity index (χ1) is 45.9. The molecule has 1 fully saturated rings. The van der Waals surface area contributed by atoms with Crippen LogP contribution in [0.4, 0.5) is 5.13 Å². The molecule has 0 aliphatic carbocycles. The largest absolute Gasteiger partial charge is 0.545 e. The van der Waals surface area contributed by atoms with Crippen LogP contribution in [-0.4, -0.2) is 121 Å². The first-order valence-electron chi connectivity index (χ1n) is 32.1. The number of β-lactam (4-membered cyclic amide) rings is 1.